The molecule has 1 fully saturated rings. The predicted molar refractivity (Wildman–Crippen MR) is 99.3 cm³/mol. The van der Waals surface area contributed by atoms with E-state index in [0.29, 0.717) is 23.4 Å². The molecule has 0 N–H and O–H groups in total. The van der Waals surface area contributed by atoms with Crippen molar-refractivity contribution in [3.05, 3.63) is 40.2 Å². The summed E-state index contributed by atoms with van der Waals surface area (Å²) in [6.07, 6.45) is 4.47. The Morgan fingerprint density at radius 2 is 2.16 bits per heavy atom. The molecule has 0 unspecified atom stereocenters. The van der Waals surface area contributed by atoms with Crippen molar-refractivity contribution in [2.75, 3.05) is 13.1 Å². The van der Waals surface area contributed by atoms with E-state index in [1.54, 1.807) is 10.6 Å². The second kappa shape index (κ2) is 7.65. The summed E-state index contributed by atoms with van der Waals surface area (Å²) in [6.45, 7) is 9.07. The zero-order chi connectivity index (χ0) is 18.0. The third-order valence-corrected chi connectivity index (χ3v) is 5.25. The smallest absolute Gasteiger partial charge is 0.261 e. The average Bonchev–Trinajstić information content (AvgIpc) is 2.60. The van der Waals surface area contributed by atoms with Gasteiger partial charge in [-0.3, -0.25) is 14.3 Å². The van der Waals surface area contributed by atoms with Crippen LogP contribution in [0, 0.1) is 11.7 Å². The van der Waals surface area contributed by atoms with Gasteiger partial charge in [-0.05, 0) is 56.8 Å². The minimum absolute atomic E-state index is 0.131. The fraction of sp³-hybridized carbons (Fsp3) is 0.600. The molecule has 5 heteroatoms. The summed E-state index contributed by atoms with van der Waals surface area (Å²) in [6, 6.07) is 4.46. The van der Waals surface area contributed by atoms with Crippen molar-refractivity contribution in [3.8, 4) is 0 Å². The summed E-state index contributed by atoms with van der Waals surface area (Å²) < 4.78 is 15.3. The van der Waals surface area contributed by atoms with E-state index >= 15 is 0 Å². The quantitative estimate of drug-likeness (QED) is 0.818. The zero-order valence-corrected chi connectivity index (χ0v) is 15.5. The Balaban J connectivity index is 2.13. The Morgan fingerprint density at radius 1 is 1.36 bits per heavy atom. The van der Waals surface area contributed by atoms with E-state index < -0.39 is 5.82 Å². The highest BCUT2D eigenvalue weighted by atomic mass is 19.1. The van der Waals surface area contributed by atoms with E-state index in [-0.39, 0.29) is 11.6 Å². The van der Waals surface area contributed by atoms with Gasteiger partial charge in [-0.25, -0.2) is 9.37 Å². The number of rotatable bonds is 5. The standard InChI is InChI=1S/C20H28FN3O/c1-4-7-18(23-11-6-8-14(3)13-23)19-22-17-10-9-15(21)12-16(17)20(25)24(19)5-2/h9-10,12,14,18H,4-8,11,13H2,1-3H3/t14-,18-/m1/s1. The highest BCUT2D eigenvalue weighted by Crippen LogP contribution is 2.29. The summed E-state index contributed by atoms with van der Waals surface area (Å²) in [4.78, 5) is 20.2. The van der Waals surface area contributed by atoms with Crippen LogP contribution in [0.15, 0.2) is 23.0 Å². The summed E-state index contributed by atoms with van der Waals surface area (Å²) in [5, 5.41) is 0.368. The Hall–Kier alpha value is -1.75. The molecule has 1 aromatic heterocycles. The lowest BCUT2D eigenvalue weighted by Crippen LogP contribution is -2.40. The molecule has 136 valence electrons. The van der Waals surface area contributed by atoms with Crippen molar-refractivity contribution in [3.63, 3.8) is 0 Å². The lowest BCUT2D eigenvalue weighted by atomic mass is 9.97. The van der Waals surface area contributed by atoms with Gasteiger partial charge in [-0.1, -0.05) is 20.3 Å². The van der Waals surface area contributed by atoms with Crippen LogP contribution in [0.3, 0.4) is 0 Å². The molecule has 0 bridgehead atoms. The van der Waals surface area contributed by atoms with Crippen LogP contribution >= 0.6 is 0 Å². The van der Waals surface area contributed by atoms with E-state index in [4.69, 9.17) is 4.98 Å². The fourth-order valence-corrected chi connectivity index (χ4v) is 4.03. The van der Waals surface area contributed by atoms with Crippen LogP contribution in [0.5, 0.6) is 0 Å². The van der Waals surface area contributed by atoms with Crippen LogP contribution in [0.1, 0.15) is 58.3 Å². The van der Waals surface area contributed by atoms with Crippen LogP contribution < -0.4 is 5.56 Å². The van der Waals surface area contributed by atoms with E-state index in [9.17, 15) is 9.18 Å². The van der Waals surface area contributed by atoms with Gasteiger partial charge in [0.05, 0.1) is 16.9 Å². The van der Waals surface area contributed by atoms with Gasteiger partial charge in [0, 0.05) is 13.1 Å². The van der Waals surface area contributed by atoms with Crippen molar-refractivity contribution < 1.29 is 4.39 Å². The number of hydrogen-bond donors (Lipinski definition) is 0. The van der Waals surface area contributed by atoms with Gasteiger partial charge >= 0.3 is 0 Å². The van der Waals surface area contributed by atoms with Gasteiger partial charge in [0.1, 0.15) is 11.6 Å². The molecule has 2 atom stereocenters. The van der Waals surface area contributed by atoms with Crippen molar-refractivity contribution >= 4 is 10.9 Å². The SMILES string of the molecule is CCC[C@H](c1nc2ccc(F)cc2c(=O)n1CC)N1CCC[C@@H](C)C1. The molecule has 1 aliphatic heterocycles. The van der Waals surface area contributed by atoms with Crippen molar-refractivity contribution in [1.29, 1.82) is 0 Å². The molecule has 0 aliphatic carbocycles. The van der Waals surface area contributed by atoms with E-state index in [1.807, 2.05) is 6.92 Å². The first kappa shape index (κ1) is 18.1. The van der Waals surface area contributed by atoms with Crippen LogP contribution in [0.25, 0.3) is 10.9 Å². The predicted octanol–water partition coefficient (Wildman–Crippen LogP) is 4.13. The molecular weight excluding hydrogens is 317 g/mol. The maximum absolute atomic E-state index is 13.6. The number of halogens is 1. The molecule has 3 rings (SSSR count). The van der Waals surface area contributed by atoms with Gasteiger partial charge in [0.2, 0.25) is 0 Å². The number of hydrogen-bond acceptors (Lipinski definition) is 3. The Labute approximate surface area is 148 Å². The molecule has 25 heavy (non-hydrogen) atoms. The molecule has 0 saturated carbocycles. The number of aromatic nitrogens is 2. The summed E-state index contributed by atoms with van der Waals surface area (Å²) in [7, 11) is 0. The summed E-state index contributed by atoms with van der Waals surface area (Å²) >= 11 is 0. The highest BCUT2D eigenvalue weighted by Gasteiger charge is 2.28. The van der Waals surface area contributed by atoms with Crippen molar-refractivity contribution in [2.24, 2.45) is 5.92 Å². The molecule has 0 amide bonds. The molecule has 1 aromatic carbocycles. The number of fused-ring (bicyclic) bond motifs is 1. The summed E-state index contributed by atoms with van der Waals surface area (Å²) in [5.74, 6) is 1.11. The zero-order valence-electron chi connectivity index (χ0n) is 15.5. The van der Waals surface area contributed by atoms with E-state index in [1.165, 1.54) is 25.0 Å². The third kappa shape index (κ3) is 3.61. The number of benzene rings is 1. The average molecular weight is 345 g/mol. The van der Waals surface area contributed by atoms with E-state index in [2.05, 4.69) is 18.7 Å². The summed E-state index contributed by atoms with van der Waals surface area (Å²) in [5.41, 5.74) is 0.463. The molecule has 0 spiro atoms. The monoisotopic (exact) mass is 345 g/mol. The Morgan fingerprint density at radius 3 is 2.84 bits per heavy atom. The van der Waals surface area contributed by atoms with Crippen molar-refractivity contribution in [1.82, 2.24) is 14.5 Å². The number of likely N-dealkylation sites (tertiary alicyclic amines) is 1. The lowest BCUT2D eigenvalue weighted by molar-refractivity contribution is 0.115. The molecule has 2 aromatic rings. The Bertz CT molecular complexity index is 801. The largest absolute Gasteiger partial charge is 0.295 e. The van der Waals surface area contributed by atoms with Crippen molar-refractivity contribution in [2.45, 2.75) is 59.0 Å². The fourth-order valence-electron chi connectivity index (χ4n) is 4.03. The van der Waals surface area contributed by atoms with Gasteiger partial charge in [-0.2, -0.15) is 0 Å². The first-order valence-corrected chi connectivity index (χ1v) is 9.49. The molecule has 1 aliphatic rings. The highest BCUT2D eigenvalue weighted by molar-refractivity contribution is 5.77. The first-order chi connectivity index (χ1) is 12.0. The first-order valence-electron chi connectivity index (χ1n) is 9.49. The van der Waals surface area contributed by atoms with Gasteiger partial charge < -0.3 is 0 Å². The third-order valence-electron chi connectivity index (χ3n) is 5.25. The van der Waals surface area contributed by atoms with Gasteiger partial charge in [0.15, 0.2) is 0 Å². The second-order valence-electron chi connectivity index (χ2n) is 7.23. The van der Waals surface area contributed by atoms with Crippen LogP contribution in [-0.4, -0.2) is 27.5 Å². The van der Waals surface area contributed by atoms with Crippen LogP contribution in [0.4, 0.5) is 4.39 Å². The molecular formula is C20H28FN3O. The van der Waals surface area contributed by atoms with Crippen LogP contribution in [-0.2, 0) is 6.54 Å². The minimum Gasteiger partial charge on any atom is -0.295 e. The minimum atomic E-state index is -0.392. The topological polar surface area (TPSA) is 38.1 Å². The van der Waals surface area contributed by atoms with Gasteiger partial charge in [0.25, 0.3) is 5.56 Å². The Kier molecular flexibility index (Phi) is 5.52. The molecule has 0 radical (unpaired) electrons. The van der Waals surface area contributed by atoms with Crippen LogP contribution in [0.2, 0.25) is 0 Å². The molecule has 1 saturated heterocycles. The molecule has 4 nitrogen and oxygen atoms in total. The van der Waals surface area contributed by atoms with Gasteiger partial charge in [-0.15, -0.1) is 0 Å². The lowest BCUT2D eigenvalue weighted by Gasteiger charge is -2.37. The second-order valence-corrected chi connectivity index (χ2v) is 7.23. The number of nitrogens with zero attached hydrogens (tertiary/aromatic N) is 3. The van der Waals surface area contributed by atoms with E-state index in [0.717, 1.165) is 31.8 Å². The molecule has 2 heterocycles. The maximum atomic E-state index is 13.6. The normalized spacial score (nSPS) is 20.1. The number of piperidine rings is 1. The maximum Gasteiger partial charge on any atom is 0.261 e.